The maximum Gasteiger partial charge on any atom is 0.339 e. The summed E-state index contributed by atoms with van der Waals surface area (Å²) in [6.07, 6.45) is -0.978. The van der Waals surface area contributed by atoms with Gasteiger partial charge in [-0.25, -0.2) is 9.78 Å². The molecule has 6 nitrogen and oxygen atoms in total. The number of amides is 1. The number of carbonyl (C=O) groups excluding carboxylic acids is 2. The van der Waals surface area contributed by atoms with Crippen LogP contribution in [-0.4, -0.2) is 27.9 Å². The minimum Gasteiger partial charge on any atom is -0.449 e. The highest BCUT2D eigenvalue weighted by atomic mass is 79.9. The number of H-pyrrole nitrogens is 1. The average molecular weight is 464 g/mol. The first-order chi connectivity index (χ1) is 14.5. The zero-order chi connectivity index (χ0) is 21.1. The van der Waals surface area contributed by atoms with Crippen molar-refractivity contribution in [1.82, 2.24) is 9.97 Å². The molecule has 0 bridgehead atoms. The van der Waals surface area contributed by atoms with E-state index in [9.17, 15) is 9.59 Å². The Kier molecular flexibility index (Phi) is 5.63. The molecule has 1 heterocycles. The van der Waals surface area contributed by atoms with Crippen LogP contribution in [0, 0.1) is 0 Å². The lowest BCUT2D eigenvalue weighted by Gasteiger charge is -2.15. The molecule has 2 N–H and O–H groups in total. The van der Waals surface area contributed by atoms with Gasteiger partial charge in [-0.2, -0.15) is 0 Å². The number of hydrogen-bond donors (Lipinski definition) is 2. The molecule has 1 atom stereocenters. The number of benzene rings is 3. The van der Waals surface area contributed by atoms with Crippen LogP contribution in [0.15, 0.2) is 77.3 Å². The van der Waals surface area contributed by atoms with E-state index in [1.807, 2.05) is 42.5 Å². The molecular weight excluding hydrogens is 446 g/mol. The van der Waals surface area contributed by atoms with Crippen LogP contribution in [-0.2, 0) is 9.53 Å². The van der Waals surface area contributed by atoms with Crippen LogP contribution < -0.4 is 5.32 Å². The standard InChI is InChI=1S/C23H18BrN3O3/c1-14(22(28)27-18-11-5-4-10-17(18)24)30-23(29)16-9-3-2-8-15(16)21-25-19-12-6-7-13-20(19)26-21/h2-14H,1H3,(H,25,26)(H,27,28). The molecule has 0 aliphatic rings. The van der Waals surface area contributed by atoms with Crippen molar-refractivity contribution in [3.05, 3.63) is 82.8 Å². The van der Waals surface area contributed by atoms with E-state index in [2.05, 4.69) is 31.2 Å². The minimum atomic E-state index is -0.978. The van der Waals surface area contributed by atoms with Crippen LogP contribution in [0.5, 0.6) is 0 Å². The van der Waals surface area contributed by atoms with E-state index >= 15 is 0 Å². The minimum absolute atomic E-state index is 0.331. The van der Waals surface area contributed by atoms with Crippen LogP contribution in [0.3, 0.4) is 0 Å². The number of aromatic amines is 1. The summed E-state index contributed by atoms with van der Waals surface area (Å²) in [7, 11) is 0. The van der Waals surface area contributed by atoms with Crippen molar-refractivity contribution in [3.8, 4) is 11.4 Å². The van der Waals surface area contributed by atoms with E-state index < -0.39 is 18.0 Å². The van der Waals surface area contributed by atoms with E-state index in [1.165, 1.54) is 6.92 Å². The van der Waals surface area contributed by atoms with Crippen molar-refractivity contribution in [2.75, 3.05) is 5.32 Å². The third kappa shape index (κ3) is 4.11. The Balaban J connectivity index is 1.54. The van der Waals surface area contributed by atoms with Gasteiger partial charge in [0.1, 0.15) is 5.82 Å². The van der Waals surface area contributed by atoms with E-state index in [1.54, 1.807) is 30.3 Å². The molecule has 4 aromatic rings. The topological polar surface area (TPSA) is 84.1 Å². The van der Waals surface area contributed by atoms with E-state index in [0.717, 1.165) is 15.5 Å². The summed E-state index contributed by atoms with van der Waals surface area (Å²) in [4.78, 5) is 33.1. The summed E-state index contributed by atoms with van der Waals surface area (Å²) in [6.45, 7) is 1.54. The fourth-order valence-electron chi connectivity index (χ4n) is 3.02. The van der Waals surface area contributed by atoms with Gasteiger partial charge >= 0.3 is 5.97 Å². The number of nitrogens with one attached hydrogen (secondary N) is 2. The second-order valence-corrected chi connectivity index (χ2v) is 7.52. The van der Waals surface area contributed by atoms with E-state index in [-0.39, 0.29) is 0 Å². The summed E-state index contributed by atoms with van der Waals surface area (Å²) in [6, 6.07) is 21.9. The van der Waals surface area contributed by atoms with Gasteiger partial charge in [0.2, 0.25) is 0 Å². The van der Waals surface area contributed by atoms with Crippen molar-refractivity contribution in [3.63, 3.8) is 0 Å². The number of para-hydroxylation sites is 3. The summed E-state index contributed by atoms with van der Waals surface area (Å²) in [5, 5.41) is 2.75. The molecule has 1 unspecified atom stereocenters. The van der Waals surface area contributed by atoms with Gasteiger partial charge in [0.25, 0.3) is 5.91 Å². The molecule has 0 fully saturated rings. The lowest BCUT2D eigenvalue weighted by atomic mass is 10.1. The highest BCUT2D eigenvalue weighted by Crippen LogP contribution is 2.25. The van der Waals surface area contributed by atoms with Gasteiger partial charge in [-0.15, -0.1) is 0 Å². The van der Waals surface area contributed by atoms with Gasteiger partial charge in [-0.05, 0) is 53.2 Å². The predicted octanol–water partition coefficient (Wildman–Crippen LogP) is 5.18. The molecule has 1 amide bonds. The molecule has 0 saturated carbocycles. The maximum absolute atomic E-state index is 12.8. The number of rotatable bonds is 5. The van der Waals surface area contributed by atoms with Gasteiger partial charge in [-0.1, -0.05) is 42.5 Å². The largest absolute Gasteiger partial charge is 0.449 e. The van der Waals surface area contributed by atoms with Gasteiger partial charge in [0.15, 0.2) is 6.10 Å². The Morgan fingerprint density at radius 2 is 1.70 bits per heavy atom. The lowest BCUT2D eigenvalue weighted by molar-refractivity contribution is -0.123. The van der Waals surface area contributed by atoms with Crippen molar-refractivity contribution < 1.29 is 14.3 Å². The molecule has 4 rings (SSSR count). The number of halogens is 1. The molecule has 30 heavy (non-hydrogen) atoms. The average Bonchev–Trinajstić information content (AvgIpc) is 3.19. The highest BCUT2D eigenvalue weighted by Gasteiger charge is 2.22. The van der Waals surface area contributed by atoms with Crippen molar-refractivity contribution in [2.45, 2.75) is 13.0 Å². The fraction of sp³-hybridized carbons (Fsp3) is 0.0870. The molecule has 0 aliphatic heterocycles. The van der Waals surface area contributed by atoms with Crippen molar-refractivity contribution >= 4 is 44.5 Å². The molecular formula is C23H18BrN3O3. The molecule has 3 aromatic carbocycles. The number of carbonyl (C=O) groups is 2. The summed E-state index contributed by atoms with van der Waals surface area (Å²) in [5.74, 6) is -0.452. The number of anilines is 1. The molecule has 150 valence electrons. The van der Waals surface area contributed by atoms with Crippen LogP contribution in [0.1, 0.15) is 17.3 Å². The number of aromatic nitrogens is 2. The van der Waals surface area contributed by atoms with Gasteiger partial charge in [-0.3, -0.25) is 4.79 Å². The molecule has 1 aromatic heterocycles. The summed E-state index contributed by atoms with van der Waals surface area (Å²) < 4.78 is 6.18. The second kappa shape index (κ2) is 8.51. The highest BCUT2D eigenvalue weighted by molar-refractivity contribution is 9.10. The zero-order valence-corrected chi connectivity index (χ0v) is 17.6. The summed E-state index contributed by atoms with van der Waals surface area (Å²) in [5.41, 5.74) is 3.22. The SMILES string of the molecule is CC(OC(=O)c1ccccc1-c1nc2ccccc2[nH]1)C(=O)Nc1ccccc1Br. The van der Waals surface area contributed by atoms with Crippen molar-refractivity contribution in [2.24, 2.45) is 0 Å². The number of imidazole rings is 1. The molecule has 0 spiro atoms. The van der Waals surface area contributed by atoms with E-state index in [4.69, 9.17) is 4.74 Å². The number of ether oxygens (including phenoxy) is 1. The third-order valence-corrected chi connectivity index (χ3v) is 5.27. The van der Waals surface area contributed by atoms with Crippen LogP contribution in [0.25, 0.3) is 22.4 Å². The third-order valence-electron chi connectivity index (χ3n) is 4.58. The molecule has 7 heteroatoms. The van der Waals surface area contributed by atoms with Crippen LogP contribution in [0.4, 0.5) is 5.69 Å². The van der Waals surface area contributed by atoms with Gasteiger partial charge in [0, 0.05) is 10.0 Å². The summed E-state index contributed by atoms with van der Waals surface area (Å²) >= 11 is 3.38. The first-order valence-electron chi connectivity index (χ1n) is 9.33. The number of esters is 1. The normalized spacial score (nSPS) is 11.8. The molecule has 0 radical (unpaired) electrons. The van der Waals surface area contributed by atoms with Crippen LogP contribution >= 0.6 is 15.9 Å². The maximum atomic E-state index is 12.8. The Morgan fingerprint density at radius 3 is 2.50 bits per heavy atom. The number of fused-ring (bicyclic) bond motifs is 1. The number of nitrogens with zero attached hydrogens (tertiary/aromatic N) is 1. The first kappa shape index (κ1) is 19.8. The van der Waals surface area contributed by atoms with E-state index in [0.29, 0.717) is 22.6 Å². The lowest BCUT2D eigenvalue weighted by Crippen LogP contribution is -2.30. The Labute approximate surface area is 181 Å². The molecule has 0 aliphatic carbocycles. The first-order valence-corrected chi connectivity index (χ1v) is 10.1. The number of hydrogen-bond acceptors (Lipinski definition) is 4. The van der Waals surface area contributed by atoms with Crippen LogP contribution in [0.2, 0.25) is 0 Å². The second-order valence-electron chi connectivity index (χ2n) is 6.66. The smallest absolute Gasteiger partial charge is 0.339 e. The zero-order valence-electron chi connectivity index (χ0n) is 16.1. The Bertz CT molecular complexity index is 1200. The predicted molar refractivity (Wildman–Crippen MR) is 119 cm³/mol. The Hall–Kier alpha value is -3.45. The van der Waals surface area contributed by atoms with Gasteiger partial charge < -0.3 is 15.0 Å². The quantitative estimate of drug-likeness (QED) is 0.399. The van der Waals surface area contributed by atoms with Crippen molar-refractivity contribution in [1.29, 1.82) is 0 Å². The molecule has 0 saturated heterocycles. The Morgan fingerprint density at radius 1 is 1.00 bits per heavy atom. The van der Waals surface area contributed by atoms with Gasteiger partial charge in [0.05, 0.1) is 22.3 Å². The fourth-order valence-corrected chi connectivity index (χ4v) is 3.41. The monoisotopic (exact) mass is 463 g/mol.